The van der Waals surface area contributed by atoms with Gasteiger partial charge in [-0.25, -0.2) is 0 Å². The van der Waals surface area contributed by atoms with Crippen molar-refractivity contribution < 1.29 is 21.5 Å². The molecule has 0 fully saturated rings. The lowest BCUT2D eigenvalue weighted by molar-refractivity contribution is -0.135. The van der Waals surface area contributed by atoms with Crippen molar-refractivity contribution in [1.82, 2.24) is 5.32 Å². The monoisotopic (exact) mass is 184 g/mol. The second-order valence-electron chi connectivity index (χ2n) is 2.08. The van der Waals surface area contributed by atoms with Gasteiger partial charge in [-0.15, -0.1) is 0 Å². The molecule has 0 aliphatic rings. The molecule has 0 aromatic heterocycles. The molecular formula is C9H9NO3. The lowest BCUT2D eigenvalue weighted by Crippen LogP contribution is -2.29. The maximum atomic E-state index is 11.6. The number of nitrogens with one attached hydrogen (secondary N) is 1. The Morgan fingerprint density at radius 3 is 2.54 bits per heavy atom. The summed E-state index contributed by atoms with van der Waals surface area (Å²) in [5.74, 6) is -2.31. The molecule has 0 aliphatic heterocycles. The Morgan fingerprint density at radius 2 is 2.00 bits per heavy atom. The lowest BCUT2D eigenvalue weighted by atomic mass is 10.2. The molecule has 13 heavy (non-hydrogen) atoms. The van der Waals surface area contributed by atoms with E-state index in [1.165, 1.54) is 0 Å². The Morgan fingerprint density at radius 1 is 1.38 bits per heavy atom. The largest absolute Gasteiger partial charge is 0.480 e. The molecule has 1 rings (SSSR count). The number of carboxylic acids is 1. The number of hydrogen-bond acceptors (Lipinski definition) is 2. The van der Waals surface area contributed by atoms with Crippen molar-refractivity contribution >= 4 is 11.9 Å². The van der Waals surface area contributed by atoms with Crippen molar-refractivity contribution in [3.63, 3.8) is 0 Å². The molecule has 0 atom stereocenters. The Bertz CT molecular complexity index is 502. The van der Waals surface area contributed by atoms with E-state index in [4.69, 9.17) is 12.0 Å². The fourth-order valence-electron chi connectivity index (χ4n) is 0.608. The number of amides is 1. The van der Waals surface area contributed by atoms with Crippen LogP contribution in [0.5, 0.6) is 0 Å². The summed E-state index contributed by atoms with van der Waals surface area (Å²) in [6.45, 7) is -0.693. The summed E-state index contributed by atoms with van der Waals surface area (Å²) in [5, 5.41) is 10.3. The number of benzene rings is 1. The average molecular weight is 184 g/mol. The van der Waals surface area contributed by atoms with Crippen LogP contribution in [-0.2, 0) is 4.79 Å². The first-order valence-electron chi connectivity index (χ1n) is 5.84. The summed E-state index contributed by atoms with van der Waals surface area (Å²) in [7, 11) is 0. The minimum absolute atomic E-state index is 0.567. The minimum atomic E-state index is -1.30. The number of aliphatic carboxylic acids is 1. The molecule has 1 aromatic rings. The molecule has 1 aromatic carbocycles. The number of carbonyl (C=O) groups is 2. The summed E-state index contributed by atoms with van der Waals surface area (Å²) >= 11 is 0. The first-order valence-corrected chi connectivity index (χ1v) is 3.34. The molecule has 4 heteroatoms. The predicted octanol–water partition coefficient (Wildman–Crippen LogP) is 0.501. The molecule has 4 nitrogen and oxygen atoms in total. The van der Waals surface area contributed by atoms with Crippen LogP contribution in [0.15, 0.2) is 30.2 Å². The zero-order chi connectivity index (χ0) is 14.0. The van der Waals surface area contributed by atoms with Gasteiger partial charge in [0.15, 0.2) is 0 Å². The maximum Gasteiger partial charge on any atom is 0.322 e. The first-order chi connectivity index (χ1) is 8.27. The quantitative estimate of drug-likeness (QED) is 0.718. The van der Waals surface area contributed by atoms with Crippen molar-refractivity contribution in [2.75, 3.05) is 6.54 Å². The van der Waals surface area contributed by atoms with Crippen LogP contribution in [0.3, 0.4) is 0 Å². The second-order valence-corrected chi connectivity index (χ2v) is 2.08. The molecule has 1 amide bonds. The zero-order valence-corrected chi connectivity index (χ0v) is 6.47. The molecule has 2 N–H and O–H groups in total. The van der Waals surface area contributed by atoms with E-state index in [1.807, 2.05) is 5.32 Å². The SMILES string of the molecule is [2H]c1c([2H])c([2H])c(C(=O)NCC(=O)O)c([2H])c1[2H]. The highest BCUT2D eigenvalue weighted by Crippen LogP contribution is 1.96. The van der Waals surface area contributed by atoms with Crippen molar-refractivity contribution in [2.45, 2.75) is 0 Å². The molecule has 0 spiro atoms. The van der Waals surface area contributed by atoms with Crippen molar-refractivity contribution in [3.05, 3.63) is 35.8 Å². The summed E-state index contributed by atoms with van der Waals surface area (Å²) in [6, 6.07) is -3.22. The van der Waals surface area contributed by atoms with E-state index in [2.05, 4.69) is 0 Å². The van der Waals surface area contributed by atoms with Gasteiger partial charge in [-0.2, -0.15) is 0 Å². The standard InChI is InChI=1S/C9H9NO3/c11-8(12)6-10-9(13)7-4-2-1-3-5-7/h1-5H,6H2,(H,10,13)(H,11,12)/i1D,2D,3D,4D,5D. The summed E-state index contributed by atoms with van der Waals surface area (Å²) < 4.78 is 36.9. The maximum absolute atomic E-state index is 11.6. The smallest absolute Gasteiger partial charge is 0.322 e. The van der Waals surface area contributed by atoms with Gasteiger partial charge in [0.2, 0.25) is 0 Å². The van der Waals surface area contributed by atoms with E-state index >= 15 is 0 Å². The van der Waals surface area contributed by atoms with E-state index in [9.17, 15) is 9.59 Å². The molecule has 0 saturated carbocycles. The third-order valence-electron chi connectivity index (χ3n) is 1.13. The van der Waals surface area contributed by atoms with Crippen LogP contribution < -0.4 is 5.32 Å². The minimum Gasteiger partial charge on any atom is -0.480 e. The van der Waals surface area contributed by atoms with Crippen LogP contribution in [0.2, 0.25) is 0 Å². The highest BCUT2D eigenvalue weighted by atomic mass is 16.4. The second kappa shape index (κ2) is 4.25. The van der Waals surface area contributed by atoms with Gasteiger partial charge in [0.05, 0.1) is 6.85 Å². The van der Waals surface area contributed by atoms with E-state index in [-0.39, 0.29) is 0 Å². The molecule has 0 heterocycles. The number of rotatable bonds is 3. The predicted molar refractivity (Wildman–Crippen MR) is 46.4 cm³/mol. The third kappa shape index (κ3) is 2.94. The highest BCUT2D eigenvalue weighted by Gasteiger charge is 2.04. The fourth-order valence-corrected chi connectivity index (χ4v) is 0.608. The molecule has 0 saturated heterocycles. The Labute approximate surface area is 82.2 Å². The Kier molecular flexibility index (Phi) is 1.44. The van der Waals surface area contributed by atoms with Crippen molar-refractivity contribution in [1.29, 1.82) is 0 Å². The van der Waals surface area contributed by atoms with Gasteiger partial charge in [-0.05, 0) is 12.1 Å². The van der Waals surface area contributed by atoms with Gasteiger partial charge in [-0.3, -0.25) is 9.59 Å². The van der Waals surface area contributed by atoms with Crippen LogP contribution in [0.1, 0.15) is 17.2 Å². The third-order valence-corrected chi connectivity index (χ3v) is 1.13. The van der Waals surface area contributed by atoms with Gasteiger partial charge < -0.3 is 10.4 Å². The Hall–Kier alpha value is -1.84. The molecular weight excluding hydrogens is 170 g/mol. The van der Waals surface area contributed by atoms with E-state index in [0.717, 1.165) is 0 Å². The van der Waals surface area contributed by atoms with Crippen LogP contribution in [0.25, 0.3) is 0 Å². The molecule has 0 radical (unpaired) electrons. The highest BCUT2D eigenvalue weighted by molar-refractivity contribution is 5.95. The summed E-state index contributed by atoms with van der Waals surface area (Å²) in [4.78, 5) is 21.8. The average Bonchev–Trinajstić information content (AvgIpc) is 2.31. The van der Waals surface area contributed by atoms with Gasteiger partial charge >= 0.3 is 5.97 Å². The van der Waals surface area contributed by atoms with Crippen molar-refractivity contribution in [2.24, 2.45) is 0 Å². The molecule has 68 valence electrons. The van der Waals surface area contributed by atoms with Crippen LogP contribution in [0, 0.1) is 0 Å². The molecule has 0 bridgehead atoms. The van der Waals surface area contributed by atoms with Gasteiger partial charge in [-0.1, -0.05) is 18.1 Å². The van der Waals surface area contributed by atoms with Gasteiger partial charge in [0.1, 0.15) is 6.54 Å². The van der Waals surface area contributed by atoms with Gasteiger partial charge in [0.25, 0.3) is 5.91 Å². The number of carbonyl (C=O) groups excluding carboxylic acids is 1. The summed E-state index contributed by atoms with van der Waals surface area (Å²) in [5.41, 5.74) is -0.567. The van der Waals surface area contributed by atoms with Gasteiger partial charge in [0, 0.05) is 5.56 Å². The van der Waals surface area contributed by atoms with E-state index in [1.54, 1.807) is 0 Å². The molecule has 0 aliphatic carbocycles. The normalized spacial score (nSPS) is 14.6. The zero-order valence-electron chi connectivity index (χ0n) is 11.5. The fraction of sp³-hybridized carbons (Fsp3) is 0.111. The molecule has 0 unspecified atom stereocenters. The summed E-state index contributed by atoms with van der Waals surface area (Å²) in [6.07, 6.45) is 0. The van der Waals surface area contributed by atoms with E-state index < -0.39 is 54.2 Å². The lowest BCUT2D eigenvalue weighted by Gasteiger charge is -2.00. The van der Waals surface area contributed by atoms with Crippen LogP contribution >= 0.6 is 0 Å². The van der Waals surface area contributed by atoms with E-state index in [0.29, 0.717) is 0 Å². The van der Waals surface area contributed by atoms with Crippen LogP contribution in [0.4, 0.5) is 0 Å². The van der Waals surface area contributed by atoms with Crippen LogP contribution in [-0.4, -0.2) is 23.5 Å². The van der Waals surface area contributed by atoms with Crippen molar-refractivity contribution in [3.8, 4) is 0 Å². The first kappa shape index (κ1) is 4.41. The number of hydrogen-bond donors (Lipinski definition) is 2. The topological polar surface area (TPSA) is 66.4 Å². The number of carboxylic acid groups (broad SMARTS) is 1. The Balaban J connectivity index is 3.24.